The molecule has 0 aromatic heterocycles. The Kier molecular flexibility index (Phi) is 5.46. The van der Waals surface area contributed by atoms with E-state index in [4.69, 9.17) is 11.6 Å². The molecule has 0 heterocycles. The number of nitrogens with one attached hydrogen (secondary N) is 1. The highest BCUT2D eigenvalue weighted by atomic mass is 35.5. The molecule has 8 heteroatoms. The molecule has 0 aliphatic heterocycles. The first-order valence-corrected chi connectivity index (χ1v) is 7.76. The Morgan fingerprint density at radius 1 is 1.30 bits per heavy atom. The molecule has 0 saturated carbocycles. The van der Waals surface area contributed by atoms with Crippen LogP contribution < -0.4 is 4.72 Å². The summed E-state index contributed by atoms with van der Waals surface area (Å²) in [5.74, 6) is 0.241. The lowest BCUT2D eigenvalue weighted by Crippen LogP contribution is -2.28. The second-order valence-electron chi connectivity index (χ2n) is 4.72. The van der Waals surface area contributed by atoms with Crippen molar-refractivity contribution in [3.8, 4) is 0 Å². The number of benzene rings is 1. The normalized spacial score (nSPS) is 12.9. The van der Waals surface area contributed by atoms with Gasteiger partial charge in [-0.15, -0.1) is 0 Å². The number of sulfonamides is 1. The van der Waals surface area contributed by atoms with E-state index in [0.717, 1.165) is 12.1 Å². The third-order valence-electron chi connectivity index (χ3n) is 2.55. The van der Waals surface area contributed by atoms with Gasteiger partial charge in [-0.05, 0) is 30.5 Å². The van der Waals surface area contributed by atoms with Crippen molar-refractivity contribution in [2.45, 2.75) is 31.3 Å². The van der Waals surface area contributed by atoms with E-state index in [2.05, 4.69) is 4.72 Å². The van der Waals surface area contributed by atoms with Crippen LogP contribution in [0.25, 0.3) is 0 Å². The van der Waals surface area contributed by atoms with Crippen LogP contribution in [0.4, 0.5) is 13.2 Å². The lowest BCUT2D eigenvalue weighted by atomic mass is 10.1. The van der Waals surface area contributed by atoms with E-state index in [1.807, 2.05) is 13.8 Å². The van der Waals surface area contributed by atoms with Crippen molar-refractivity contribution in [2.24, 2.45) is 5.92 Å². The van der Waals surface area contributed by atoms with Gasteiger partial charge in [0, 0.05) is 11.6 Å². The van der Waals surface area contributed by atoms with Gasteiger partial charge in [-0.25, -0.2) is 13.1 Å². The molecule has 0 bridgehead atoms. The maximum atomic E-state index is 12.9. The maximum Gasteiger partial charge on any atom is 0.417 e. The van der Waals surface area contributed by atoms with Crippen molar-refractivity contribution >= 4 is 21.6 Å². The van der Waals surface area contributed by atoms with Gasteiger partial charge in [-0.2, -0.15) is 13.2 Å². The molecule has 114 valence electrons. The smallest absolute Gasteiger partial charge is 0.211 e. The quantitative estimate of drug-likeness (QED) is 0.895. The monoisotopic (exact) mass is 329 g/mol. The molecule has 0 fully saturated rings. The molecule has 0 aliphatic rings. The van der Waals surface area contributed by atoms with Crippen LogP contribution in [-0.2, 0) is 16.2 Å². The SMILES string of the molecule is CC(C)CCNS(=O)(=O)c1ccc(Cl)cc1C(F)(F)F. The van der Waals surface area contributed by atoms with Gasteiger partial charge in [0.25, 0.3) is 0 Å². The summed E-state index contributed by atoms with van der Waals surface area (Å²) >= 11 is 5.50. The molecule has 3 nitrogen and oxygen atoms in total. The fraction of sp³-hybridized carbons (Fsp3) is 0.500. The van der Waals surface area contributed by atoms with Crippen LogP contribution in [0.3, 0.4) is 0 Å². The van der Waals surface area contributed by atoms with Gasteiger partial charge in [-0.1, -0.05) is 25.4 Å². The van der Waals surface area contributed by atoms with Crippen LogP contribution in [-0.4, -0.2) is 15.0 Å². The highest BCUT2D eigenvalue weighted by Crippen LogP contribution is 2.35. The van der Waals surface area contributed by atoms with E-state index in [0.29, 0.717) is 12.5 Å². The first kappa shape index (κ1) is 17.3. The first-order valence-electron chi connectivity index (χ1n) is 5.90. The summed E-state index contributed by atoms with van der Waals surface area (Å²) in [6.45, 7) is 3.86. The predicted molar refractivity (Wildman–Crippen MR) is 71.1 cm³/mol. The minimum atomic E-state index is -4.78. The van der Waals surface area contributed by atoms with Gasteiger partial charge in [0.2, 0.25) is 10.0 Å². The highest BCUT2D eigenvalue weighted by molar-refractivity contribution is 7.89. The van der Waals surface area contributed by atoms with Crippen molar-refractivity contribution < 1.29 is 21.6 Å². The molecule has 0 unspecified atom stereocenters. The van der Waals surface area contributed by atoms with E-state index in [-0.39, 0.29) is 17.5 Å². The fourth-order valence-corrected chi connectivity index (χ4v) is 2.94. The number of hydrogen-bond donors (Lipinski definition) is 1. The Labute approximate surface area is 121 Å². The molecule has 0 aliphatic carbocycles. The molecular weight excluding hydrogens is 315 g/mol. The molecule has 1 rings (SSSR count). The summed E-state index contributed by atoms with van der Waals surface area (Å²) in [6.07, 6.45) is -4.25. The zero-order valence-electron chi connectivity index (χ0n) is 11.0. The Bertz CT molecular complexity index is 571. The molecule has 20 heavy (non-hydrogen) atoms. The largest absolute Gasteiger partial charge is 0.417 e. The van der Waals surface area contributed by atoms with E-state index in [1.54, 1.807) is 0 Å². The number of rotatable bonds is 5. The molecular formula is C12H15ClF3NO2S. The standard InChI is InChI=1S/C12H15ClF3NO2S/c1-8(2)5-6-17-20(18,19)11-4-3-9(13)7-10(11)12(14,15)16/h3-4,7-8,17H,5-6H2,1-2H3. The molecule has 0 radical (unpaired) electrons. The van der Waals surface area contributed by atoms with Crippen LogP contribution in [0.1, 0.15) is 25.8 Å². The molecule has 0 spiro atoms. The molecule has 0 amide bonds. The van der Waals surface area contributed by atoms with Crippen LogP contribution in [0.5, 0.6) is 0 Å². The van der Waals surface area contributed by atoms with E-state index in [1.165, 1.54) is 0 Å². The Morgan fingerprint density at radius 2 is 1.90 bits per heavy atom. The van der Waals surface area contributed by atoms with E-state index >= 15 is 0 Å². The van der Waals surface area contributed by atoms with Gasteiger partial charge in [-0.3, -0.25) is 0 Å². The average molecular weight is 330 g/mol. The van der Waals surface area contributed by atoms with Crippen molar-refractivity contribution in [2.75, 3.05) is 6.54 Å². The minimum Gasteiger partial charge on any atom is -0.211 e. The predicted octanol–water partition coefficient (Wildman–Crippen LogP) is 3.68. The zero-order valence-corrected chi connectivity index (χ0v) is 12.5. The van der Waals surface area contributed by atoms with E-state index < -0.39 is 26.7 Å². The summed E-state index contributed by atoms with van der Waals surface area (Å²) < 4.78 is 64.6. The Morgan fingerprint density at radius 3 is 2.40 bits per heavy atom. The number of alkyl halides is 3. The summed E-state index contributed by atoms with van der Waals surface area (Å²) in [6, 6.07) is 2.59. The Hall–Kier alpha value is -0.790. The lowest BCUT2D eigenvalue weighted by Gasteiger charge is -2.14. The molecule has 1 N–H and O–H groups in total. The van der Waals surface area contributed by atoms with Crippen LogP contribution in [0.15, 0.2) is 23.1 Å². The number of halogens is 4. The third kappa shape index (κ3) is 4.64. The fourth-order valence-electron chi connectivity index (χ4n) is 1.52. The average Bonchev–Trinajstić information content (AvgIpc) is 2.26. The van der Waals surface area contributed by atoms with Gasteiger partial charge in [0.1, 0.15) is 0 Å². The minimum absolute atomic E-state index is 0.0833. The zero-order chi connectivity index (χ0) is 15.6. The van der Waals surface area contributed by atoms with Crippen molar-refractivity contribution in [3.05, 3.63) is 28.8 Å². The second kappa shape index (κ2) is 6.32. The highest BCUT2D eigenvalue weighted by Gasteiger charge is 2.37. The van der Waals surface area contributed by atoms with Crippen LogP contribution in [0, 0.1) is 5.92 Å². The number of hydrogen-bond acceptors (Lipinski definition) is 2. The Balaban J connectivity index is 3.12. The van der Waals surface area contributed by atoms with Gasteiger partial charge in [0.15, 0.2) is 0 Å². The maximum absolute atomic E-state index is 12.9. The molecule has 1 aromatic carbocycles. The summed E-state index contributed by atoms with van der Waals surface area (Å²) in [4.78, 5) is -0.807. The van der Waals surface area contributed by atoms with Crippen molar-refractivity contribution in [1.29, 1.82) is 0 Å². The van der Waals surface area contributed by atoms with E-state index in [9.17, 15) is 21.6 Å². The lowest BCUT2D eigenvalue weighted by molar-refractivity contribution is -0.139. The van der Waals surface area contributed by atoms with Gasteiger partial charge in [0.05, 0.1) is 10.5 Å². The molecule has 1 aromatic rings. The molecule has 0 atom stereocenters. The van der Waals surface area contributed by atoms with Gasteiger partial charge < -0.3 is 0 Å². The van der Waals surface area contributed by atoms with Gasteiger partial charge >= 0.3 is 6.18 Å². The third-order valence-corrected chi connectivity index (χ3v) is 4.30. The summed E-state index contributed by atoms with van der Waals surface area (Å²) in [5, 5.41) is -0.168. The molecule has 0 saturated heterocycles. The van der Waals surface area contributed by atoms with Crippen LogP contribution in [0.2, 0.25) is 5.02 Å². The second-order valence-corrected chi connectivity index (χ2v) is 6.89. The van der Waals surface area contributed by atoms with Crippen molar-refractivity contribution in [1.82, 2.24) is 4.72 Å². The summed E-state index contributed by atoms with van der Waals surface area (Å²) in [5.41, 5.74) is -1.26. The summed E-state index contributed by atoms with van der Waals surface area (Å²) in [7, 11) is -4.22. The topological polar surface area (TPSA) is 46.2 Å². The van der Waals surface area contributed by atoms with Crippen molar-refractivity contribution in [3.63, 3.8) is 0 Å². The first-order chi connectivity index (χ1) is 9.04. The van der Waals surface area contributed by atoms with Crippen LogP contribution >= 0.6 is 11.6 Å².